The quantitative estimate of drug-likeness (QED) is 0.786. The molecule has 100 valence electrons. The van der Waals surface area contributed by atoms with Crippen molar-refractivity contribution in [2.24, 2.45) is 0 Å². The maximum Gasteiger partial charge on any atom is 0.335 e. The van der Waals surface area contributed by atoms with Gasteiger partial charge in [0, 0.05) is 6.20 Å². The summed E-state index contributed by atoms with van der Waals surface area (Å²) < 4.78 is 1.61. The van der Waals surface area contributed by atoms with Gasteiger partial charge in [-0.15, -0.1) is 5.10 Å². The predicted octanol–water partition coefficient (Wildman–Crippen LogP) is 2.08. The monoisotopic (exact) mass is 268 g/mol. The lowest BCUT2D eigenvalue weighted by Crippen LogP contribution is -2.05. The SMILES string of the molecule is CCc1cc(-n2nnc3cccnc32)ccc1C(=O)O. The van der Waals surface area contributed by atoms with E-state index in [-0.39, 0.29) is 0 Å². The van der Waals surface area contributed by atoms with Crippen molar-refractivity contribution < 1.29 is 9.90 Å². The molecule has 0 saturated carbocycles. The number of aryl methyl sites for hydroxylation is 1. The molecule has 0 saturated heterocycles. The summed E-state index contributed by atoms with van der Waals surface area (Å²) in [5.41, 5.74) is 3.18. The minimum absolute atomic E-state index is 0.314. The second kappa shape index (κ2) is 4.73. The molecule has 0 aliphatic carbocycles. The molecule has 2 heterocycles. The first-order valence-electron chi connectivity index (χ1n) is 6.23. The predicted molar refractivity (Wildman–Crippen MR) is 73.0 cm³/mol. The van der Waals surface area contributed by atoms with E-state index in [0.717, 1.165) is 11.3 Å². The number of rotatable bonds is 3. The number of hydrogen-bond donors (Lipinski definition) is 1. The molecule has 1 N–H and O–H groups in total. The summed E-state index contributed by atoms with van der Waals surface area (Å²) in [7, 11) is 0. The molecule has 3 rings (SSSR count). The van der Waals surface area contributed by atoms with Crippen molar-refractivity contribution in [2.45, 2.75) is 13.3 Å². The van der Waals surface area contributed by atoms with Crippen LogP contribution in [0.4, 0.5) is 0 Å². The molecule has 0 fully saturated rings. The van der Waals surface area contributed by atoms with Gasteiger partial charge in [-0.25, -0.2) is 9.78 Å². The van der Waals surface area contributed by atoms with Crippen LogP contribution in [0.1, 0.15) is 22.8 Å². The molecule has 0 aliphatic rings. The Hall–Kier alpha value is -2.76. The average Bonchev–Trinajstić information content (AvgIpc) is 2.90. The molecule has 0 atom stereocenters. The Morgan fingerprint density at radius 3 is 2.95 bits per heavy atom. The van der Waals surface area contributed by atoms with Crippen molar-refractivity contribution in [3.8, 4) is 5.69 Å². The highest BCUT2D eigenvalue weighted by molar-refractivity contribution is 5.89. The van der Waals surface area contributed by atoms with Gasteiger partial charge in [0.25, 0.3) is 0 Å². The molecule has 2 aromatic heterocycles. The van der Waals surface area contributed by atoms with E-state index in [1.54, 1.807) is 29.1 Å². The number of pyridine rings is 1. The van der Waals surface area contributed by atoms with E-state index < -0.39 is 5.97 Å². The van der Waals surface area contributed by atoms with Crippen molar-refractivity contribution in [2.75, 3.05) is 0 Å². The average molecular weight is 268 g/mol. The fraction of sp³-hybridized carbons (Fsp3) is 0.143. The van der Waals surface area contributed by atoms with Crippen LogP contribution in [-0.2, 0) is 6.42 Å². The molecule has 20 heavy (non-hydrogen) atoms. The highest BCUT2D eigenvalue weighted by Crippen LogP contribution is 2.18. The van der Waals surface area contributed by atoms with Gasteiger partial charge >= 0.3 is 5.97 Å². The molecule has 0 unspecified atom stereocenters. The van der Waals surface area contributed by atoms with E-state index in [0.29, 0.717) is 23.1 Å². The number of carboxylic acid groups (broad SMARTS) is 1. The van der Waals surface area contributed by atoms with Gasteiger partial charge in [0.05, 0.1) is 11.3 Å². The van der Waals surface area contributed by atoms with Crippen molar-refractivity contribution in [1.82, 2.24) is 20.0 Å². The maximum absolute atomic E-state index is 11.1. The Labute approximate surface area is 114 Å². The molecule has 0 amide bonds. The molecule has 0 aliphatic heterocycles. The fourth-order valence-electron chi connectivity index (χ4n) is 2.15. The Kier molecular flexibility index (Phi) is 2.90. The van der Waals surface area contributed by atoms with Gasteiger partial charge in [-0.1, -0.05) is 12.1 Å². The topological polar surface area (TPSA) is 80.9 Å². The van der Waals surface area contributed by atoms with Gasteiger partial charge in [-0.2, -0.15) is 4.68 Å². The van der Waals surface area contributed by atoms with Crippen molar-refractivity contribution in [1.29, 1.82) is 0 Å². The van der Waals surface area contributed by atoms with Gasteiger partial charge in [0.2, 0.25) is 0 Å². The van der Waals surface area contributed by atoms with Crippen molar-refractivity contribution >= 4 is 17.1 Å². The molecule has 1 aromatic carbocycles. The van der Waals surface area contributed by atoms with Gasteiger partial charge in [0.15, 0.2) is 5.65 Å². The minimum Gasteiger partial charge on any atom is -0.478 e. The molecule has 0 spiro atoms. The Bertz CT molecular complexity index is 795. The highest BCUT2D eigenvalue weighted by Gasteiger charge is 2.12. The summed E-state index contributed by atoms with van der Waals surface area (Å²) in [6, 6.07) is 8.75. The third-order valence-corrected chi connectivity index (χ3v) is 3.15. The number of carbonyl (C=O) groups is 1. The van der Waals surface area contributed by atoms with Crippen LogP contribution in [0.5, 0.6) is 0 Å². The summed E-state index contributed by atoms with van der Waals surface area (Å²) >= 11 is 0. The maximum atomic E-state index is 11.1. The van der Waals surface area contributed by atoms with Gasteiger partial charge in [0.1, 0.15) is 5.52 Å². The van der Waals surface area contributed by atoms with Crippen LogP contribution in [-0.4, -0.2) is 31.1 Å². The van der Waals surface area contributed by atoms with E-state index in [2.05, 4.69) is 15.3 Å². The Morgan fingerprint density at radius 1 is 1.35 bits per heavy atom. The minimum atomic E-state index is -0.921. The van der Waals surface area contributed by atoms with Gasteiger partial charge < -0.3 is 5.11 Å². The first kappa shape index (κ1) is 12.3. The standard InChI is InChI=1S/C14H12N4O2/c1-2-9-8-10(5-6-11(9)14(19)20)18-13-12(16-17-18)4-3-7-15-13/h3-8H,2H2,1H3,(H,19,20). The Morgan fingerprint density at radius 2 is 2.20 bits per heavy atom. The smallest absolute Gasteiger partial charge is 0.335 e. The lowest BCUT2D eigenvalue weighted by Gasteiger charge is -2.07. The number of aromatic carboxylic acids is 1. The summed E-state index contributed by atoms with van der Waals surface area (Å²) in [4.78, 5) is 15.4. The second-order valence-corrected chi connectivity index (χ2v) is 4.35. The number of benzene rings is 1. The van der Waals surface area contributed by atoms with Gasteiger partial charge in [-0.05, 0) is 42.3 Å². The molecule has 6 heteroatoms. The van der Waals surface area contributed by atoms with Crippen molar-refractivity contribution in [3.63, 3.8) is 0 Å². The molecule has 3 aromatic rings. The lowest BCUT2D eigenvalue weighted by molar-refractivity contribution is 0.0696. The summed E-state index contributed by atoms with van der Waals surface area (Å²) in [5.74, 6) is -0.921. The summed E-state index contributed by atoms with van der Waals surface area (Å²) in [5, 5.41) is 17.3. The normalized spacial score (nSPS) is 10.8. The van der Waals surface area contributed by atoms with Crippen LogP contribution in [0.2, 0.25) is 0 Å². The third kappa shape index (κ3) is 1.91. The van der Waals surface area contributed by atoms with Crippen molar-refractivity contribution in [3.05, 3.63) is 47.7 Å². The number of fused-ring (bicyclic) bond motifs is 1. The number of hydrogen-bond acceptors (Lipinski definition) is 4. The molecule has 0 radical (unpaired) electrons. The Balaban J connectivity index is 2.17. The zero-order chi connectivity index (χ0) is 14.1. The van der Waals surface area contributed by atoms with Gasteiger partial charge in [-0.3, -0.25) is 0 Å². The molecule has 6 nitrogen and oxygen atoms in total. The number of nitrogens with zero attached hydrogens (tertiary/aromatic N) is 4. The zero-order valence-electron chi connectivity index (χ0n) is 10.8. The van der Waals surface area contributed by atoms with Crippen LogP contribution < -0.4 is 0 Å². The van der Waals surface area contributed by atoms with Crippen LogP contribution in [0, 0.1) is 0 Å². The van der Waals surface area contributed by atoms with E-state index >= 15 is 0 Å². The first-order valence-corrected chi connectivity index (χ1v) is 6.23. The van der Waals surface area contributed by atoms with Crippen LogP contribution in [0.25, 0.3) is 16.9 Å². The fourth-order valence-corrected chi connectivity index (χ4v) is 2.15. The molecular weight excluding hydrogens is 256 g/mol. The molecular formula is C14H12N4O2. The van der Waals surface area contributed by atoms with E-state index in [1.807, 2.05) is 19.1 Å². The van der Waals surface area contributed by atoms with E-state index in [1.165, 1.54) is 0 Å². The second-order valence-electron chi connectivity index (χ2n) is 4.35. The van der Waals surface area contributed by atoms with Crippen LogP contribution >= 0.6 is 0 Å². The third-order valence-electron chi connectivity index (χ3n) is 3.15. The van der Waals surface area contributed by atoms with E-state index in [9.17, 15) is 4.79 Å². The summed E-state index contributed by atoms with van der Waals surface area (Å²) in [6.07, 6.45) is 2.31. The summed E-state index contributed by atoms with van der Waals surface area (Å²) in [6.45, 7) is 1.92. The number of aromatic nitrogens is 4. The first-order chi connectivity index (χ1) is 9.70. The largest absolute Gasteiger partial charge is 0.478 e. The lowest BCUT2D eigenvalue weighted by atomic mass is 10.0. The van der Waals surface area contributed by atoms with E-state index in [4.69, 9.17) is 5.11 Å². The number of carboxylic acids is 1. The zero-order valence-corrected chi connectivity index (χ0v) is 10.8. The van der Waals surface area contributed by atoms with Crippen LogP contribution in [0.3, 0.4) is 0 Å². The molecule has 0 bridgehead atoms. The van der Waals surface area contributed by atoms with Crippen LogP contribution in [0.15, 0.2) is 36.5 Å². The highest BCUT2D eigenvalue weighted by atomic mass is 16.4.